The van der Waals surface area contributed by atoms with Gasteiger partial charge < -0.3 is 4.74 Å². The van der Waals surface area contributed by atoms with Crippen molar-refractivity contribution in [2.75, 3.05) is 6.61 Å². The molecule has 0 bridgehead atoms. The molecule has 3 rings (SSSR count). The number of hydrogen-bond donors (Lipinski definition) is 0. The molecule has 0 saturated heterocycles. The Balaban J connectivity index is 1.76. The van der Waals surface area contributed by atoms with E-state index in [0.717, 1.165) is 24.7 Å². The van der Waals surface area contributed by atoms with Crippen LogP contribution in [0.4, 0.5) is 0 Å². The second-order valence-corrected chi connectivity index (χ2v) is 6.61. The van der Waals surface area contributed by atoms with Gasteiger partial charge >= 0.3 is 0 Å². The predicted molar refractivity (Wildman–Crippen MR) is 78.5 cm³/mol. The highest BCUT2D eigenvalue weighted by atomic mass is 79.9. The summed E-state index contributed by atoms with van der Waals surface area (Å²) in [5.41, 5.74) is 2.84. The molecular formula is C16H21BrO. The molecule has 0 N–H and O–H groups in total. The summed E-state index contributed by atoms with van der Waals surface area (Å²) >= 11 is 3.95. The van der Waals surface area contributed by atoms with E-state index in [2.05, 4.69) is 34.1 Å². The topological polar surface area (TPSA) is 9.23 Å². The molecule has 1 aliphatic carbocycles. The Bertz CT molecular complexity index is 408. The Morgan fingerprint density at radius 2 is 1.89 bits per heavy atom. The molecule has 2 heteroatoms. The summed E-state index contributed by atoms with van der Waals surface area (Å²) in [5.74, 6) is 1.91. The highest BCUT2D eigenvalue weighted by Crippen LogP contribution is 2.40. The number of benzene rings is 1. The Morgan fingerprint density at radius 1 is 1.11 bits per heavy atom. The van der Waals surface area contributed by atoms with Crippen LogP contribution in [-0.2, 0) is 6.42 Å². The summed E-state index contributed by atoms with van der Waals surface area (Å²) in [6.07, 6.45) is 9.49. The quantitative estimate of drug-likeness (QED) is 0.550. The summed E-state index contributed by atoms with van der Waals surface area (Å²) in [6, 6.07) is 6.75. The zero-order valence-corrected chi connectivity index (χ0v) is 12.4. The van der Waals surface area contributed by atoms with Gasteiger partial charge in [-0.25, -0.2) is 0 Å². The van der Waals surface area contributed by atoms with Crippen LogP contribution >= 0.6 is 15.9 Å². The van der Waals surface area contributed by atoms with Crippen LogP contribution in [0.5, 0.6) is 5.75 Å². The van der Waals surface area contributed by atoms with Gasteiger partial charge in [0.1, 0.15) is 5.75 Å². The first-order chi connectivity index (χ1) is 8.84. The monoisotopic (exact) mass is 308 g/mol. The molecule has 98 valence electrons. The van der Waals surface area contributed by atoms with E-state index in [1.807, 2.05) is 0 Å². The van der Waals surface area contributed by atoms with Gasteiger partial charge in [0.05, 0.1) is 6.61 Å². The Labute approximate surface area is 118 Å². The third-order valence-corrected chi connectivity index (χ3v) is 5.62. The van der Waals surface area contributed by atoms with Crippen molar-refractivity contribution in [1.29, 1.82) is 0 Å². The normalized spacial score (nSPS) is 22.1. The number of rotatable bonds is 2. The lowest BCUT2D eigenvalue weighted by Crippen LogP contribution is -2.07. The highest BCUT2D eigenvalue weighted by molar-refractivity contribution is 9.09. The van der Waals surface area contributed by atoms with Gasteiger partial charge in [-0.1, -0.05) is 53.7 Å². The fourth-order valence-electron chi connectivity index (χ4n) is 3.25. The van der Waals surface area contributed by atoms with Crippen molar-refractivity contribution in [2.24, 2.45) is 5.92 Å². The van der Waals surface area contributed by atoms with Gasteiger partial charge in [-0.3, -0.25) is 0 Å². The molecule has 2 aliphatic rings. The smallest absolute Gasteiger partial charge is 0.122 e. The minimum Gasteiger partial charge on any atom is -0.493 e. The van der Waals surface area contributed by atoms with Crippen LogP contribution in [0.2, 0.25) is 0 Å². The Morgan fingerprint density at radius 3 is 2.67 bits per heavy atom. The van der Waals surface area contributed by atoms with E-state index in [1.54, 1.807) is 0 Å². The molecule has 0 amide bonds. The van der Waals surface area contributed by atoms with Crippen LogP contribution in [0.3, 0.4) is 0 Å². The van der Waals surface area contributed by atoms with Gasteiger partial charge in [-0.15, -0.1) is 0 Å². The van der Waals surface area contributed by atoms with Gasteiger partial charge in [0.15, 0.2) is 0 Å². The van der Waals surface area contributed by atoms with Gasteiger partial charge in [0.2, 0.25) is 0 Å². The maximum Gasteiger partial charge on any atom is 0.122 e. The summed E-state index contributed by atoms with van der Waals surface area (Å²) in [4.78, 5) is 0.529. The molecule has 1 nitrogen and oxygen atoms in total. The third kappa shape index (κ3) is 2.59. The molecule has 1 fully saturated rings. The number of alkyl halides is 1. The molecule has 18 heavy (non-hydrogen) atoms. The first-order valence-corrected chi connectivity index (χ1v) is 8.16. The van der Waals surface area contributed by atoms with Crippen molar-refractivity contribution in [2.45, 2.75) is 49.8 Å². The molecule has 0 aromatic heterocycles. The number of ether oxygens (including phenoxy) is 1. The van der Waals surface area contributed by atoms with Crippen LogP contribution in [-0.4, -0.2) is 6.61 Å². The lowest BCUT2D eigenvalue weighted by Gasteiger charge is -2.21. The van der Waals surface area contributed by atoms with Crippen LogP contribution in [0.15, 0.2) is 18.2 Å². The van der Waals surface area contributed by atoms with Crippen molar-refractivity contribution < 1.29 is 4.74 Å². The Hall–Kier alpha value is -0.500. The zero-order chi connectivity index (χ0) is 12.4. The van der Waals surface area contributed by atoms with E-state index >= 15 is 0 Å². The largest absolute Gasteiger partial charge is 0.493 e. The van der Waals surface area contributed by atoms with Crippen LogP contribution in [0.1, 0.15) is 54.5 Å². The molecule has 1 aliphatic heterocycles. The lowest BCUT2D eigenvalue weighted by atomic mass is 9.91. The summed E-state index contributed by atoms with van der Waals surface area (Å²) < 4.78 is 5.58. The third-order valence-electron chi connectivity index (χ3n) is 4.35. The first-order valence-electron chi connectivity index (χ1n) is 7.24. The first kappa shape index (κ1) is 12.5. The van der Waals surface area contributed by atoms with Crippen LogP contribution < -0.4 is 4.74 Å². The molecule has 1 saturated carbocycles. The van der Waals surface area contributed by atoms with E-state index in [1.165, 1.54) is 49.7 Å². The van der Waals surface area contributed by atoms with Gasteiger partial charge in [-0.2, -0.15) is 0 Å². The van der Waals surface area contributed by atoms with Crippen molar-refractivity contribution >= 4 is 15.9 Å². The molecule has 1 aromatic carbocycles. The average Bonchev–Trinajstić information content (AvgIpc) is 2.69. The van der Waals surface area contributed by atoms with E-state index in [-0.39, 0.29) is 0 Å². The van der Waals surface area contributed by atoms with Gasteiger partial charge in [0.25, 0.3) is 0 Å². The van der Waals surface area contributed by atoms with Crippen molar-refractivity contribution in [3.63, 3.8) is 0 Å². The predicted octanol–water partition coefficient (Wildman–Crippen LogP) is 5.03. The second kappa shape index (κ2) is 5.64. The van der Waals surface area contributed by atoms with E-state index < -0.39 is 0 Å². The van der Waals surface area contributed by atoms with Crippen molar-refractivity contribution in [3.8, 4) is 5.75 Å². The van der Waals surface area contributed by atoms with Crippen LogP contribution in [0.25, 0.3) is 0 Å². The minimum absolute atomic E-state index is 0.529. The average molecular weight is 309 g/mol. The standard InChI is InChI=1S/C16H21BrO/c17-16(12-5-3-1-2-4-6-12)14-7-8-15-13(11-14)9-10-18-15/h7-8,11-12,16H,1-6,9-10H2. The van der Waals surface area contributed by atoms with E-state index in [4.69, 9.17) is 4.74 Å². The summed E-state index contributed by atoms with van der Waals surface area (Å²) in [5, 5.41) is 0. The highest BCUT2D eigenvalue weighted by Gasteiger charge is 2.23. The van der Waals surface area contributed by atoms with Gasteiger partial charge in [0, 0.05) is 11.2 Å². The van der Waals surface area contributed by atoms with E-state index in [9.17, 15) is 0 Å². The summed E-state index contributed by atoms with van der Waals surface area (Å²) in [7, 11) is 0. The Kier molecular flexibility index (Phi) is 3.93. The van der Waals surface area contributed by atoms with E-state index in [0.29, 0.717) is 4.83 Å². The fourth-order valence-corrected chi connectivity index (χ4v) is 4.07. The van der Waals surface area contributed by atoms with Crippen molar-refractivity contribution in [1.82, 2.24) is 0 Å². The maximum absolute atomic E-state index is 5.58. The van der Waals surface area contributed by atoms with Gasteiger partial charge in [-0.05, 0) is 36.0 Å². The zero-order valence-electron chi connectivity index (χ0n) is 10.8. The number of fused-ring (bicyclic) bond motifs is 1. The number of halogens is 1. The SMILES string of the molecule is BrC(c1ccc2c(c1)CCO2)C1CCCCCC1. The lowest BCUT2D eigenvalue weighted by molar-refractivity contribution is 0.356. The molecule has 1 unspecified atom stereocenters. The van der Waals surface area contributed by atoms with Crippen molar-refractivity contribution in [3.05, 3.63) is 29.3 Å². The second-order valence-electron chi connectivity index (χ2n) is 5.62. The maximum atomic E-state index is 5.58. The fraction of sp³-hybridized carbons (Fsp3) is 0.625. The molecule has 1 aromatic rings. The molecule has 1 atom stereocenters. The molecule has 0 radical (unpaired) electrons. The molecule has 1 heterocycles. The molecule has 0 spiro atoms. The van der Waals surface area contributed by atoms with Crippen LogP contribution in [0, 0.1) is 5.92 Å². The molecular weight excluding hydrogens is 288 g/mol. The number of hydrogen-bond acceptors (Lipinski definition) is 1. The minimum atomic E-state index is 0.529. The summed E-state index contributed by atoms with van der Waals surface area (Å²) in [6.45, 7) is 0.856.